The molecule has 0 heterocycles. The van der Waals surface area contributed by atoms with Gasteiger partial charge in [-0.3, -0.25) is 4.79 Å². The van der Waals surface area contributed by atoms with Crippen LogP contribution in [0.5, 0.6) is 0 Å². The van der Waals surface area contributed by atoms with Crippen molar-refractivity contribution in [2.75, 3.05) is 5.75 Å². The molecule has 0 saturated carbocycles. The maximum Gasteiger partial charge on any atom is 0.241 e. The Morgan fingerprint density at radius 2 is 1.75 bits per heavy atom. The van der Waals surface area contributed by atoms with Gasteiger partial charge in [0.15, 0.2) is 5.12 Å². The lowest BCUT2D eigenvalue weighted by atomic mass is 10.1. The Morgan fingerprint density at radius 1 is 1.12 bits per heavy atom. The van der Waals surface area contributed by atoms with Crippen LogP contribution in [0.1, 0.15) is 32.6 Å². The minimum Gasteiger partial charge on any atom is -0.287 e. The highest BCUT2D eigenvalue weighted by Gasteiger charge is 2.19. The SMILES string of the molecule is CCC(=O)SCCC(F)CC(F)CC(F)F. The number of hydrogen-bond acceptors (Lipinski definition) is 2. The van der Waals surface area contributed by atoms with Crippen LogP contribution in [-0.4, -0.2) is 29.6 Å². The molecule has 6 heteroatoms. The zero-order chi connectivity index (χ0) is 12.6. The number of alkyl halides is 4. The number of thioether (sulfide) groups is 1. The molecule has 0 fully saturated rings. The maximum atomic E-state index is 13.0. The summed E-state index contributed by atoms with van der Waals surface area (Å²) in [5.41, 5.74) is 0. The highest BCUT2D eigenvalue weighted by atomic mass is 32.2. The first kappa shape index (κ1) is 15.7. The largest absolute Gasteiger partial charge is 0.287 e. The summed E-state index contributed by atoms with van der Waals surface area (Å²) in [6.07, 6.45) is -7.02. The van der Waals surface area contributed by atoms with Crippen molar-refractivity contribution < 1.29 is 22.4 Å². The van der Waals surface area contributed by atoms with Crippen molar-refractivity contribution in [3.8, 4) is 0 Å². The van der Waals surface area contributed by atoms with Crippen LogP contribution in [-0.2, 0) is 4.79 Å². The lowest BCUT2D eigenvalue weighted by Crippen LogP contribution is -2.14. The van der Waals surface area contributed by atoms with Gasteiger partial charge in [-0.15, -0.1) is 0 Å². The maximum absolute atomic E-state index is 13.0. The van der Waals surface area contributed by atoms with Gasteiger partial charge < -0.3 is 0 Å². The first-order valence-corrected chi connectivity index (χ1v) is 6.16. The Bertz CT molecular complexity index is 201. The second kappa shape index (κ2) is 8.84. The van der Waals surface area contributed by atoms with E-state index in [1.165, 1.54) is 0 Å². The molecule has 0 spiro atoms. The molecule has 0 amide bonds. The molecule has 0 aliphatic rings. The van der Waals surface area contributed by atoms with E-state index in [0.29, 0.717) is 6.42 Å². The second-order valence-electron chi connectivity index (χ2n) is 3.42. The number of hydrogen-bond donors (Lipinski definition) is 0. The Hall–Kier alpha value is -0.260. The van der Waals surface area contributed by atoms with Crippen LogP contribution >= 0.6 is 11.8 Å². The van der Waals surface area contributed by atoms with Gasteiger partial charge in [-0.05, 0) is 6.42 Å². The fourth-order valence-electron chi connectivity index (χ4n) is 1.09. The van der Waals surface area contributed by atoms with Gasteiger partial charge in [0, 0.05) is 25.0 Å². The molecule has 2 unspecified atom stereocenters. The predicted octanol–water partition coefficient (Wildman–Crippen LogP) is 3.77. The van der Waals surface area contributed by atoms with E-state index in [9.17, 15) is 22.4 Å². The fraction of sp³-hybridized carbons (Fsp3) is 0.900. The smallest absolute Gasteiger partial charge is 0.241 e. The molecule has 0 rings (SSSR count). The van der Waals surface area contributed by atoms with E-state index in [1.54, 1.807) is 6.92 Å². The summed E-state index contributed by atoms with van der Waals surface area (Å²) in [5, 5.41) is -0.0448. The minimum absolute atomic E-state index is 0.0278. The summed E-state index contributed by atoms with van der Waals surface area (Å²) in [7, 11) is 0. The van der Waals surface area contributed by atoms with Crippen molar-refractivity contribution in [3.05, 3.63) is 0 Å². The molecule has 1 nitrogen and oxygen atoms in total. The van der Waals surface area contributed by atoms with E-state index >= 15 is 0 Å². The van der Waals surface area contributed by atoms with E-state index in [4.69, 9.17) is 0 Å². The zero-order valence-corrected chi connectivity index (χ0v) is 9.91. The van der Waals surface area contributed by atoms with Crippen LogP contribution in [0.4, 0.5) is 17.6 Å². The molecule has 0 aromatic carbocycles. The van der Waals surface area contributed by atoms with Crippen molar-refractivity contribution in [2.24, 2.45) is 0 Å². The molecule has 0 radical (unpaired) electrons. The summed E-state index contributed by atoms with van der Waals surface area (Å²) in [6.45, 7) is 1.70. The lowest BCUT2D eigenvalue weighted by Gasteiger charge is -2.11. The predicted molar refractivity (Wildman–Crippen MR) is 57.4 cm³/mol. The van der Waals surface area contributed by atoms with Crippen LogP contribution in [0.15, 0.2) is 0 Å². The van der Waals surface area contributed by atoms with Gasteiger partial charge in [-0.1, -0.05) is 18.7 Å². The summed E-state index contributed by atoms with van der Waals surface area (Å²) in [6, 6.07) is 0. The van der Waals surface area contributed by atoms with Gasteiger partial charge in [0.1, 0.15) is 12.3 Å². The number of rotatable bonds is 8. The summed E-state index contributed by atoms with van der Waals surface area (Å²) < 4.78 is 49.3. The molecule has 0 aliphatic heterocycles. The standard InChI is InChI=1S/C10H16F4OS/c1-2-10(15)16-4-3-7(11)5-8(12)6-9(13)14/h7-9H,2-6H2,1H3. The van der Waals surface area contributed by atoms with E-state index < -0.39 is 31.6 Å². The number of carbonyl (C=O) groups is 1. The molecule has 96 valence electrons. The molecule has 0 aromatic rings. The Morgan fingerprint density at radius 3 is 2.25 bits per heavy atom. The first-order valence-electron chi connectivity index (χ1n) is 5.17. The highest BCUT2D eigenvalue weighted by Crippen LogP contribution is 2.18. The number of halogens is 4. The van der Waals surface area contributed by atoms with Crippen LogP contribution < -0.4 is 0 Å². The lowest BCUT2D eigenvalue weighted by molar-refractivity contribution is -0.110. The van der Waals surface area contributed by atoms with Gasteiger partial charge in [-0.2, -0.15) is 0 Å². The van der Waals surface area contributed by atoms with E-state index in [2.05, 4.69) is 0 Å². The van der Waals surface area contributed by atoms with Crippen molar-refractivity contribution in [1.82, 2.24) is 0 Å². The first-order chi connectivity index (χ1) is 7.45. The van der Waals surface area contributed by atoms with Crippen LogP contribution in [0.3, 0.4) is 0 Å². The summed E-state index contributed by atoms with van der Waals surface area (Å²) >= 11 is 0.996. The van der Waals surface area contributed by atoms with Gasteiger partial charge in [-0.25, -0.2) is 17.6 Å². The topological polar surface area (TPSA) is 17.1 Å². The molecule has 0 N–H and O–H groups in total. The molecule has 0 aliphatic carbocycles. The third-order valence-electron chi connectivity index (χ3n) is 1.93. The second-order valence-corrected chi connectivity index (χ2v) is 4.57. The van der Waals surface area contributed by atoms with Gasteiger partial charge in [0.2, 0.25) is 6.43 Å². The Balaban J connectivity index is 3.57. The minimum atomic E-state index is -2.74. The monoisotopic (exact) mass is 260 g/mol. The third-order valence-corrected chi connectivity index (χ3v) is 2.98. The molecule has 0 bridgehead atoms. The molecule has 16 heavy (non-hydrogen) atoms. The van der Waals surface area contributed by atoms with Crippen LogP contribution in [0, 0.1) is 0 Å². The van der Waals surface area contributed by atoms with E-state index in [0.717, 1.165) is 11.8 Å². The Kier molecular flexibility index (Phi) is 8.70. The zero-order valence-electron chi connectivity index (χ0n) is 9.10. The van der Waals surface area contributed by atoms with Crippen molar-refractivity contribution >= 4 is 16.9 Å². The molecule has 0 saturated heterocycles. The highest BCUT2D eigenvalue weighted by molar-refractivity contribution is 8.13. The average molecular weight is 260 g/mol. The third kappa shape index (κ3) is 9.00. The van der Waals surface area contributed by atoms with Crippen LogP contribution in [0.25, 0.3) is 0 Å². The molecule has 0 aromatic heterocycles. The van der Waals surface area contributed by atoms with Gasteiger partial charge in [0.25, 0.3) is 0 Å². The summed E-state index contributed by atoms with van der Waals surface area (Å²) in [5.74, 6) is 0.273. The average Bonchev–Trinajstić information content (AvgIpc) is 2.15. The van der Waals surface area contributed by atoms with Crippen molar-refractivity contribution in [3.63, 3.8) is 0 Å². The fourth-order valence-corrected chi connectivity index (χ4v) is 1.89. The van der Waals surface area contributed by atoms with Gasteiger partial charge in [0.05, 0.1) is 0 Å². The van der Waals surface area contributed by atoms with Crippen LogP contribution in [0.2, 0.25) is 0 Å². The summed E-state index contributed by atoms with van der Waals surface area (Å²) in [4.78, 5) is 10.8. The molecule has 2 atom stereocenters. The Labute approximate surface area is 97.0 Å². The normalized spacial score (nSPS) is 15.1. The quantitative estimate of drug-likeness (QED) is 0.618. The van der Waals surface area contributed by atoms with Crippen molar-refractivity contribution in [2.45, 2.75) is 51.4 Å². The van der Waals surface area contributed by atoms with Crippen molar-refractivity contribution in [1.29, 1.82) is 0 Å². The van der Waals surface area contributed by atoms with Gasteiger partial charge >= 0.3 is 0 Å². The van der Waals surface area contributed by atoms with E-state index in [1.807, 2.05) is 0 Å². The molecular formula is C10H16F4OS. The molecular weight excluding hydrogens is 244 g/mol. The number of carbonyl (C=O) groups excluding carboxylic acids is 1. The van der Waals surface area contributed by atoms with E-state index in [-0.39, 0.29) is 17.3 Å².